The Morgan fingerprint density at radius 1 is 1.04 bits per heavy atom. The second-order valence-corrected chi connectivity index (χ2v) is 6.79. The molecule has 28 heavy (non-hydrogen) atoms. The van der Waals surface area contributed by atoms with E-state index >= 15 is 0 Å². The molecule has 3 rings (SSSR count). The second kappa shape index (κ2) is 8.00. The Balaban J connectivity index is 1.60. The van der Waals surface area contributed by atoms with Gasteiger partial charge in [-0.15, -0.1) is 0 Å². The Morgan fingerprint density at radius 2 is 1.71 bits per heavy atom. The molecule has 1 heterocycles. The summed E-state index contributed by atoms with van der Waals surface area (Å²) in [5, 5.41) is 3.87. The van der Waals surface area contributed by atoms with E-state index in [1.807, 2.05) is 38.1 Å². The van der Waals surface area contributed by atoms with Gasteiger partial charge >= 0.3 is 6.18 Å². The van der Waals surface area contributed by atoms with E-state index in [0.29, 0.717) is 13.0 Å². The van der Waals surface area contributed by atoms with Crippen molar-refractivity contribution in [2.24, 2.45) is 0 Å². The number of hydrogen-bond donors (Lipinski definition) is 1. The lowest BCUT2D eigenvalue weighted by molar-refractivity contribution is -0.137. The summed E-state index contributed by atoms with van der Waals surface area (Å²) in [5.74, 6) is -0.129. The minimum atomic E-state index is -4.34. The Bertz CT molecular complexity index is 995. The van der Waals surface area contributed by atoms with Gasteiger partial charge in [0.25, 0.3) is 0 Å². The summed E-state index contributed by atoms with van der Waals surface area (Å²) in [4.78, 5) is 16.9. The molecule has 1 amide bonds. The minimum Gasteiger partial charge on any atom is -0.355 e. The van der Waals surface area contributed by atoms with E-state index in [-0.39, 0.29) is 12.3 Å². The molecule has 1 N–H and O–H groups in total. The molecule has 2 aromatic carbocycles. The van der Waals surface area contributed by atoms with Crippen LogP contribution in [0.4, 0.5) is 13.2 Å². The largest absolute Gasteiger partial charge is 0.416 e. The normalized spacial score (nSPS) is 11.6. The van der Waals surface area contributed by atoms with Gasteiger partial charge in [0.2, 0.25) is 5.91 Å². The van der Waals surface area contributed by atoms with Crippen LogP contribution in [0.25, 0.3) is 10.9 Å². The third-order valence-corrected chi connectivity index (χ3v) is 4.84. The van der Waals surface area contributed by atoms with Crippen molar-refractivity contribution in [1.29, 1.82) is 0 Å². The van der Waals surface area contributed by atoms with E-state index in [1.54, 1.807) is 0 Å². The first-order valence-corrected chi connectivity index (χ1v) is 9.03. The van der Waals surface area contributed by atoms with E-state index < -0.39 is 11.7 Å². The van der Waals surface area contributed by atoms with Crippen LogP contribution in [0.2, 0.25) is 0 Å². The van der Waals surface area contributed by atoms with Crippen LogP contribution in [0.15, 0.2) is 48.5 Å². The third kappa shape index (κ3) is 4.50. The number of aryl methyl sites for hydroxylation is 2. The number of pyridine rings is 1. The van der Waals surface area contributed by atoms with Gasteiger partial charge in [0.05, 0.1) is 17.5 Å². The van der Waals surface area contributed by atoms with Gasteiger partial charge in [-0.05, 0) is 55.2 Å². The highest BCUT2D eigenvalue weighted by atomic mass is 19.4. The molecule has 3 nitrogen and oxygen atoms in total. The summed E-state index contributed by atoms with van der Waals surface area (Å²) in [7, 11) is 0. The molecule has 3 aromatic rings. The number of fused-ring (bicyclic) bond motifs is 1. The highest BCUT2D eigenvalue weighted by Crippen LogP contribution is 2.29. The second-order valence-electron chi connectivity index (χ2n) is 6.79. The highest BCUT2D eigenvalue weighted by Gasteiger charge is 2.29. The first-order valence-electron chi connectivity index (χ1n) is 9.03. The number of nitrogens with one attached hydrogen (secondary N) is 1. The molecule has 0 aliphatic carbocycles. The quantitative estimate of drug-likeness (QED) is 0.686. The summed E-state index contributed by atoms with van der Waals surface area (Å²) in [6, 6.07) is 12.8. The van der Waals surface area contributed by atoms with Gasteiger partial charge in [-0.3, -0.25) is 9.78 Å². The van der Waals surface area contributed by atoms with Crippen LogP contribution in [0.1, 0.15) is 27.9 Å². The van der Waals surface area contributed by atoms with Crippen LogP contribution in [0.3, 0.4) is 0 Å². The van der Waals surface area contributed by atoms with Gasteiger partial charge in [-0.1, -0.05) is 30.3 Å². The molecule has 0 saturated carbocycles. The number of aromatic nitrogens is 1. The molecule has 6 heteroatoms. The molecule has 0 aliphatic heterocycles. The fourth-order valence-electron chi connectivity index (χ4n) is 3.26. The fourth-order valence-corrected chi connectivity index (χ4v) is 3.26. The van der Waals surface area contributed by atoms with Crippen LogP contribution < -0.4 is 5.32 Å². The number of halogens is 3. The van der Waals surface area contributed by atoms with Crippen molar-refractivity contribution in [3.8, 4) is 0 Å². The van der Waals surface area contributed by atoms with Crippen molar-refractivity contribution in [3.05, 3.63) is 76.5 Å². The molecule has 0 radical (unpaired) electrons. The molecular weight excluding hydrogens is 365 g/mol. The molecule has 0 unspecified atom stereocenters. The van der Waals surface area contributed by atoms with Gasteiger partial charge in [0.15, 0.2) is 0 Å². The number of amides is 1. The smallest absolute Gasteiger partial charge is 0.355 e. The zero-order valence-electron chi connectivity index (χ0n) is 15.7. The summed E-state index contributed by atoms with van der Waals surface area (Å²) in [6.07, 6.45) is -3.64. The Labute approximate surface area is 161 Å². The van der Waals surface area contributed by atoms with E-state index in [9.17, 15) is 18.0 Å². The molecule has 0 fully saturated rings. The van der Waals surface area contributed by atoms with Gasteiger partial charge in [0.1, 0.15) is 0 Å². The SMILES string of the molecule is Cc1nc2ccccc2c(C)c1CC(=O)NCCc1ccc(C(F)(F)F)cc1. The van der Waals surface area contributed by atoms with Crippen LogP contribution in [0.5, 0.6) is 0 Å². The Morgan fingerprint density at radius 3 is 2.39 bits per heavy atom. The van der Waals surface area contributed by atoms with Crippen molar-refractivity contribution in [2.45, 2.75) is 32.9 Å². The first kappa shape index (κ1) is 19.9. The number of para-hydroxylation sites is 1. The van der Waals surface area contributed by atoms with Crippen LogP contribution >= 0.6 is 0 Å². The van der Waals surface area contributed by atoms with Crippen LogP contribution in [-0.4, -0.2) is 17.4 Å². The molecule has 0 spiro atoms. The van der Waals surface area contributed by atoms with E-state index in [1.165, 1.54) is 12.1 Å². The van der Waals surface area contributed by atoms with Crippen molar-refractivity contribution in [3.63, 3.8) is 0 Å². The van der Waals surface area contributed by atoms with Crippen molar-refractivity contribution >= 4 is 16.8 Å². The summed E-state index contributed by atoms with van der Waals surface area (Å²) >= 11 is 0. The third-order valence-electron chi connectivity index (χ3n) is 4.84. The number of carbonyl (C=O) groups is 1. The zero-order valence-corrected chi connectivity index (χ0v) is 15.7. The maximum absolute atomic E-state index is 12.6. The van der Waals surface area contributed by atoms with Gasteiger partial charge in [0, 0.05) is 17.6 Å². The topological polar surface area (TPSA) is 42.0 Å². The standard InChI is InChI=1S/C22H21F3N2O/c1-14-18-5-3-4-6-20(18)27-15(2)19(14)13-21(28)26-12-11-16-7-9-17(10-8-16)22(23,24)25/h3-10H,11-13H2,1-2H3,(H,26,28). The zero-order chi connectivity index (χ0) is 20.3. The van der Waals surface area contributed by atoms with Crippen LogP contribution in [0, 0.1) is 13.8 Å². The Hall–Kier alpha value is -2.89. The van der Waals surface area contributed by atoms with Gasteiger partial charge in [-0.25, -0.2) is 0 Å². The average molecular weight is 386 g/mol. The number of nitrogens with zero attached hydrogens (tertiary/aromatic N) is 1. The van der Waals surface area contributed by atoms with E-state index in [4.69, 9.17) is 0 Å². The molecule has 0 atom stereocenters. The average Bonchev–Trinajstić information content (AvgIpc) is 2.65. The minimum absolute atomic E-state index is 0.129. The maximum atomic E-state index is 12.6. The van der Waals surface area contributed by atoms with Crippen molar-refractivity contribution < 1.29 is 18.0 Å². The number of carbonyl (C=O) groups excluding carboxylic acids is 1. The van der Waals surface area contributed by atoms with Crippen molar-refractivity contribution in [1.82, 2.24) is 10.3 Å². The molecule has 1 aromatic heterocycles. The van der Waals surface area contributed by atoms with Crippen LogP contribution in [-0.2, 0) is 23.8 Å². The summed E-state index contributed by atoms with van der Waals surface area (Å²) < 4.78 is 37.8. The first-order chi connectivity index (χ1) is 13.3. The number of benzene rings is 2. The maximum Gasteiger partial charge on any atom is 0.416 e. The summed E-state index contributed by atoms with van der Waals surface area (Å²) in [6.45, 7) is 4.25. The summed E-state index contributed by atoms with van der Waals surface area (Å²) in [5.41, 5.74) is 3.76. The molecule has 0 aliphatic rings. The predicted octanol–water partition coefficient (Wildman–Crippen LogP) is 4.77. The molecule has 0 bridgehead atoms. The van der Waals surface area contributed by atoms with Gasteiger partial charge in [-0.2, -0.15) is 13.2 Å². The van der Waals surface area contributed by atoms with Crippen molar-refractivity contribution in [2.75, 3.05) is 6.54 Å². The lowest BCUT2D eigenvalue weighted by Gasteiger charge is -2.13. The highest BCUT2D eigenvalue weighted by molar-refractivity contribution is 5.86. The lowest BCUT2D eigenvalue weighted by atomic mass is 9.99. The molecular formula is C22H21F3N2O. The predicted molar refractivity (Wildman–Crippen MR) is 103 cm³/mol. The Kier molecular flexibility index (Phi) is 5.68. The fraction of sp³-hybridized carbons (Fsp3) is 0.273. The van der Waals surface area contributed by atoms with Gasteiger partial charge < -0.3 is 5.32 Å². The number of rotatable bonds is 5. The lowest BCUT2D eigenvalue weighted by Crippen LogP contribution is -2.28. The van der Waals surface area contributed by atoms with E-state index in [0.717, 1.165) is 45.4 Å². The molecule has 146 valence electrons. The molecule has 0 saturated heterocycles. The number of hydrogen-bond acceptors (Lipinski definition) is 2. The van der Waals surface area contributed by atoms with E-state index in [2.05, 4.69) is 10.3 Å². The monoisotopic (exact) mass is 386 g/mol. The number of alkyl halides is 3.